The van der Waals surface area contributed by atoms with Crippen LogP contribution in [-0.2, 0) is 0 Å². The predicted molar refractivity (Wildman–Crippen MR) is 72.8 cm³/mol. The van der Waals surface area contributed by atoms with E-state index in [1.54, 1.807) is 36.7 Å². The van der Waals surface area contributed by atoms with Gasteiger partial charge in [0.05, 0.1) is 0 Å². The highest BCUT2D eigenvalue weighted by molar-refractivity contribution is 5.63. The van der Waals surface area contributed by atoms with E-state index < -0.39 is 0 Å². The van der Waals surface area contributed by atoms with Crippen LogP contribution in [-0.4, -0.2) is 9.97 Å². The first-order chi connectivity index (χ1) is 9.72. The molecular weight excluding hydrogens is 258 g/mol. The Bertz CT molecular complexity index is 675. The third kappa shape index (κ3) is 2.54. The van der Waals surface area contributed by atoms with Crippen molar-refractivity contribution in [3.63, 3.8) is 0 Å². The standard InChI is InChI=1S/C16H10F2N2/c17-14-5-1-3-11(7-14)13-9-19-16(20-10-13)12-4-2-6-15(18)8-12/h1-10H. The van der Waals surface area contributed by atoms with Gasteiger partial charge in [-0.3, -0.25) is 0 Å². The molecule has 0 aliphatic carbocycles. The number of rotatable bonds is 2. The summed E-state index contributed by atoms with van der Waals surface area (Å²) in [6.07, 6.45) is 3.20. The molecule has 98 valence electrons. The summed E-state index contributed by atoms with van der Waals surface area (Å²) >= 11 is 0. The number of halogens is 2. The molecule has 0 N–H and O–H groups in total. The quantitative estimate of drug-likeness (QED) is 0.699. The lowest BCUT2D eigenvalue weighted by Crippen LogP contribution is -1.90. The van der Waals surface area contributed by atoms with Crippen LogP contribution in [0.5, 0.6) is 0 Å². The van der Waals surface area contributed by atoms with E-state index in [1.165, 1.54) is 24.3 Å². The summed E-state index contributed by atoms with van der Waals surface area (Å²) in [5.74, 6) is -0.207. The highest BCUT2D eigenvalue weighted by Crippen LogP contribution is 2.21. The van der Waals surface area contributed by atoms with E-state index in [1.807, 2.05) is 0 Å². The van der Waals surface area contributed by atoms with Crippen LogP contribution >= 0.6 is 0 Å². The van der Waals surface area contributed by atoms with Gasteiger partial charge in [0.25, 0.3) is 0 Å². The highest BCUT2D eigenvalue weighted by Gasteiger charge is 2.04. The van der Waals surface area contributed by atoms with E-state index in [-0.39, 0.29) is 11.6 Å². The van der Waals surface area contributed by atoms with Crippen LogP contribution in [0.25, 0.3) is 22.5 Å². The van der Waals surface area contributed by atoms with Gasteiger partial charge in [-0.2, -0.15) is 0 Å². The molecule has 0 unspecified atom stereocenters. The van der Waals surface area contributed by atoms with Gasteiger partial charge in [-0.1, -0.05) is 24.3 Å². The van der Waals surface area contributed by atoms with Crippen molar-refractivity contribution in [2.24, 2.45) is 0 Å². The van der Waals surface area contributed by atoms with Gasteiger partial charge >= 0.3 is 0 Å². The Hall–Kier alpha value is -2.62. The Morgan fingerprint density at radius 1 is 0.650 bits per heavy atom. The molecular formula is C16H10F2N2. The first-order valence-electron chi connectivity index (χ1n) is 6.06. The number of hydrogen-bond donors (Lipinski definition) is 0. The van der Waals surface area contributed by atoms with Gasteiger partial charge in [0.15, 0.2) is 5.82 Å². The molecule has 3 aromatic rings. The first-order valence-corrected chi connectivity index (χ1v) is 6.06. The van der Waals surface area contributed by atoms with Crippen LogP contribution in [0.2, 0.25) is 0 Å². The average molecular weight is 268 g/mol. The van der Waals surface area contributed by atoms with Crippen molar-refractivity contribution in [3.05, 3.63) is 72.6 Å². The topological polar surface area (TPSA) is 25.8 Å². The van der Waals surface area contributed by atoms with Crippen molar-refractivity contribution in [1.82, 2.24) is 9.97 Å². The van der Waals surface area contributed by atoms with Gasteiger partial charge in [0.2, 0.25) is 0 Å². The summed E-state index contributed by atoms with van der Waals surface area (Å²) in [6.45, 7) is 0. The van der Waals surface area contributed by atoms with Crippen LogP contribution in [0.1, 0.15) is 0 Å². The molecule has 20 heavy (non-hydrogen) atoms. The van der Waals surface area contributed by atoms with Crippen molar-refractivity contribution in [2.75, 3.05) is 0 Å². The Morgan fingerprint density at radius 3 is 1.80 bits per heavy atom. The molecule has 1 heterocycles. The second-order valence-corrected chi connectivity index (χ2v) is 4.32. The molecule has 2 aromatic carbocycles. The summed E-state index contributed by atoms with van der Waals surface area (Å²) in [6, 6.07) is 12.3. The molecule has 0 fully saturated rings. The molecule has 0 radical (unpaired) electrons. The molecule has 1 aromatic heterocycles. The molecule has 4 heteroatoms. The molecule has 0 bridgehead atoms. The van der Waals surface area contributed by atoms with Crippen LogP contribution in [0, 0.1) is 11.6 Å². The van der Waals surface area contributed by atoms with Crippen molar-refractivity contribution in [2.45, 2.75) is 0 Å². The maximum atomic E-state index is 13.2. The fourth-order valence-electron chi connectivity index (χ4n) is 1.92. The molecule has 0 spiro atoms. The molecule has 3 rings (SSSR count). The minimum absolute atomic E-state index is 0.309. The Kier molecular flexibility index (Phi) is 3.21. The first kappa shape index (κ1) is 12.4. The number of hydrogen-bond acceptors (Lipinski definition) is 2. The number of benzene rings is 2. The lowest BCUT2D eigenvalue weighted by Gasteiger charge is -2.03. The second kappa shape index (κ2) is 5.17. The van der Waals surface area contributed by atoms with Gasteiger partial charge in [-0.05, 0) is 29.8 Å². The van der Waals surface area contributed by atoms with Crippen molar-refractivity contribution >= 4 is 0 Å². The lowest BCUT2D eigenvalue weighted by molar-refractivity contribution is 0.627. The van der Waals surface area contributed by atoms with Gasteiger partial charge < -0.3 is 0 Å². The third-order valence-corrected chi connectivity index (χ3v) is 2.89. The summed E-state index contributed by atoms with van der Waals surface area (Å²) in [4.78, 5) is 8.39. The van der Waals surface area contributed by atoms with Crippen molar-refractivity contribution < 1.29 is 8.78 Å². The molecule has 0 saturated heterocycles. The Balaban J connectivity index is 1.96. The minimum atomic E-state index is -0.333. The summed E-state index contributed by atoms with van der Waals surface area (Å²) in [5.41, 5.74) is 2.02. The zero-order valence-corrected chi connectivity index (χ0v) is 10.4. The van der Waals surface area contributed by atoms with Crippen LogP contribution < -0.4 is 0 Å². The summed E-state index contributed by atoms with van der Waals surface area (Å²) < 4.78 is 26.3. The van der Waals surface area contributed by atoms with E-state index >= 15 is 0 Å². The predicted octanol–water partition coefficient (Wildman–Crippen LogP) is 4.09. The summed E-state index contributed by atoms with van der Waals surface area (Å²) in [7, 11) is 0. The fraction of sp³-hybridized carbons (Fsp3) is 0. The van der Waals surface area contributed by atoms with E-state index in [4.69, 9.17) is 0 Å². The highest BCUT2D eigenvalue weighted by atomic mass is 19.1. The molecule has 0 aliphatic rings. The van der Waals surface area contributed by atoms with Gasteiger partial charge in [0, 0.05) is 23.5 Å². The maximum absolute atomic E-state index is 13.2. The van der Waals surface area contributed by atoms with E-state index in [2.05, 4.69) is 9.97 Å². The molecule has 0 aliphatic heterocycles. The number of nitrogens with zero attached hydrogens (tertiary/aromatic N) is 2. The van der Waals surface area contributed by atoms with E-state index in [9.17, 15) is 8.78 Å². The van der Waals surface area contributed by atoms with Gasteiger partial charge in [-0.25, -0.2) is 18.7 Å². The zero-order valence-electron chi connectivity index (χ0n) is 10.4. The fourth-order valence-corrected chi connectivity index (χ4v) is 1.92. The second-order valence-electron chi connectivity index (χ2n) is 4.32. The summed E-state index contributed by atoms with van der Waals surface area (Å²) in [5, 5.41) is 0. The van der Waals surface area contributed by atoms with Gasteiger partial charge in [-0.15, -0.1) is 0 Å². The maximum Gasteiger partial charge on any atom is 0.159 e. The largest absolute Gasteiger partial charge is 0.236 e. The zero-order chi connectivity index (χ0) is 13.9. The van der Waals surface area contributed by atoms with Crippen LogP contribution in [0.4, 0.5) is 8.78 Å². The van der Waals surface area contributed by atoms with Crippen LogP contribution in [0.15, 0.2) is 60.9 Å². The third-order valence-electron chi connectivity index (χ3n) is 2.89. The monoisotopic (exact) mass is 268 g/mol. The van der Waals surface area contributed by atoms with Crippen molar-refractivity contribution in [1.29, 1.82) is 0 Å². The Labute approximate surface area is 114 Å². The molecule has 0 amide bonds. The average Bonchev–Trinajstić information content (AvgIpc) is 2.47. The smallest absolute Gasteiger partial charge is 0.159 e. The van der Waals surface area contributed by atoms with Crippen LogP contribution in [0.3, 0.4) is 0 Å². The normalized spacial score (nSPS) is 10.5. The SMILES string of the molecule is Fc1cccc(-c2cnc(-c3cccc(F)c3)nc2)c1. The van der Waals surface area contributed by atoms with Crippen molar-refractivity contribution in [3.8, 4) is 22.5 Å². The number of aromatic nitrogens is 2. The molecule has 0 atom stereocenters. The minimum Gasteiger partial charge on any atom is -0.236 e. The van der Waals surface area contributed by atoms with E-state index in [0.717, 1.165) is 0 Å². The van der Waals surface area contributed by atoms with Gasteiger partial charge in [0.1, 0.15) is 11.6 Å². The Morgan fingerprint density at radius 2 is 1.20 bits per heavy atom. The lowest BCUT2D eigenvalue weighted by atomic mass is 10.1. The molecule has 2 nitrogen and oxygen atoms in total. The molecule has 0 saturated carbocycles. The van der Waals surface area contributed by atoms with E-state index in [0.29, 0.717) is 22.5 Å².